The van der Waals surface area contributed by atoms with Gasteiger partial charge in [-0.3, -0.25) is 19.5 Å². The summed E-state index contributed by atoms with van der Waals surface area (Å²) in [6.07, 6.45) is 1.76. The molecule has 0 saturated carbocycles. The number of hydrogen-bond donors (Lipinski definition) is 2. The summed E-state index contributed by atoms with van der Waals surface area (Å²) < 4.78 is 12.1. The first-order valence-electron chi connectivity index (χ1n) is 8.95. The zero-order valence-electron chi connectivity index (χ0n) is 15.9. The number of carbonyl (C=O) groups excluding carboxylic acids is 1. The third-order valence-corrected chi connectivity index (χ3v) is 5.42. The molecule has 5 rings (SSSR count). The van der Waals surface area contributed by atoms with Crippen molar-refractivity contribution in [3.8, 4) is 17.0 Å². The molecule has 150 valence electrons. The Morgan fingerprint density at radius 3 is 3.00 bits per heavy atom. The predicted molar refractivity (Wildman–Crippen MR) is 112 cm³/mol. The van der Waals surface area contributed by atoms with E-state index < -0.39 is 5.76 Å². The van der Waals surface area contributed by atoms with Crippen LogP contribution in [0.3, 0.4) is 0 Å². The zero-order valence-corrected chi connectivity index (χ0v) is 16.7. The second-order valence-corrected chi connectivity index (χ2v) is 7.39. The summed E-state index contributed by atoms with van der Waals surface area (Å²) in [5.74, 6) is -0.238. The van der Waals surface area contributed by atoms with Crippen LogP contribution in [0.4, 0.5) is 5.13 Å². The fourth-order valence-corrected chi connectivity index (χ4v) is 4.03. The van der Waals surface area contributed by atoms with Gasteiger partial charge in [-0.25, -0.2) is 14.8 Å². The van der Waals surface area contributed by atoms with Crippen molar-refractivity contribution < 1.29 is 13.9 Å². The highest BCUT2D eigenvalue weighted by Gasteiger charge is 2.20. The SMILES string of the molecule is COc1cccn2c(C(=O)Nc3nc(-c4ccc5[nH]c(=O)oc5c4)cs3)c(C)nc12. The lowest BCUT2D eigenvalue weighted by atomic mass is 10.1. The minimum Gasteiger partial charge on any atom is -0.493 e. The number of carbonyl (C=O) groups is 1. The van der Waals surface area contributed by atoms with Gasteiger partial charge in [0.05, 0.1) is 24.0 Å². The summed E-state index contributed by atoms with van der Waals surface area (Å²) in [7, 11) is 1.56. The first-order valence-corrected chi connectivity index (χ1v) is 9.83. The van der Waals surface area contributed by atoms with Crippen LogP contribution in [-0.2, 0) is 0 Å². The molecule has 0 aliphatic carbocycles. The van der Waals surface area contributed by atoms with Crippen molar-refractivity contribution in [2.24, 2.45) is 0 Å². The summed E-state index contributed by atoms with van der Waals surface area (Å²) in [5.41, 5.74) is 4.08. The number of aromatic nitrogens is 4. The molecule has 4 heterocycles. The third-order valence-electron chi connectivity index (χ3n) is 4.66. The molecule has 0 fully saturated rings. The zero-order chi connectivity index (χ0) is 20.8. The predicted octanol–water partition coefficient (Wildman–Crippen LogP) is 3.46. The number of oxazole rings is 1. The number of hydrogen-bond acceptors (Lipinski definition) is 7. The fourth-order valence-electron chi connectivity index (χ4n) is 3.31. The fraction of sp³-hybridized carbons (Fsp3) is 0.100. The number of fused-ring (bicyclic) bond motifs is 2. The van der Waals surface area contributed by atoms with Crippen molar-refractivity contribution in [1.82, 2.24) is 19.4 Å². The van der Waals surface area contributed by atoms with Gasteiger partial charge in [0.1, 0.15) is 5.69 Å². The van der Waals surface area contributed by atoms with Crippen LogP contribution < -0.4 is 15.8 Å². The van der Waals surface area contributed by atoms with Crippen LogP contribution in [0.2, 0.25) is 0 Å². The smallest absolute Gasteiger partial charge is 0.417 e. The van der Waals surface area contributed by atoms with Crippen LogP contribution in [0.5, 0.6) is 5.75 Å². The molecule has 0 aliphatic heterocycles. The number of aromatic amines is 1. The van der Waals surface area contributed by atoms with E-state index >= 15 is 0 Å². The maximum absolute atomic E-state index is 12.9. The molecule has 2 N–H and O–H groups in total. The van der Waals surface area contributed by atoms with Crippen molar-refractivity contribution in [3.63, 3.8) is 0 Å². The Hall–Kier alpha value is -3.92. The van der Waals surface area contributed by atoms with E-state index in [2.05, 4.69) is 20.3 Å². The standard InChI is InChI=1S/C20H15N5O4S/c1-10-16(25-7-3-4-14(28-2)17(25)21-10)18(26)24-19-22-13(9-30-19)11-5-6-12-15(8-11)29-20(27)23-12/h3-9H,1-2H3,(H,23,27)(H,22,24,26). The Bertz CT molecular complexity index is 1480. The van der Waals surface area contributed by atoms with E-state index in [0.29, 0.717) is 44.7 Å². The molecule has 10 heteroatoms. The van der Waals surface area contributed by atoms with E-state index in [1.807, 2.05) is 11.4 Å². The molecule has 1 amide bonds. The minimum atomic E-state index is -0.506. The normalized spacial score (nSPS) is 11.3. The van der Waals surface area contributed by atoms with Crippen LogP contribution in [0, 0.1) is 6.92 Å². The first kappa shape index (κ1) is 18.1. The number of pyridine rings is 1. The molecule has 0 spiro atoms. The number of aryl methyl sites for hydroxylation is 1. The van der Waals surface area contributed by atoms with Crippen LogP contribution in [0.25, 0.3) is 28.0 Å². The van der Waals surface area contributed by atoms with Crippen molar-refractivity contribution in [2.75, 3.05) is 12.4 Å². The van der Waals surface area contributed by atoms with Gasteiger partial charge in [-0.05, 0) is 31.2 Å². The monoisotopic (exact) mass is 421 g/mol. The van der Waals surface area contributed by atoms with Crippen molar-refractivity contribution in [2.45, 2.75) is 6.92 Å². The summed E-state index contributed by atoms with van der Waals surface area (Å²) in [4.78, 5) is 35.8. The number of rotatable bonds is 4. The second kappa shape index (κ2) is 6.85. The number of thiazole rings is 1. The molecular formula is C20H15N5O4S. The highest BCUT2D eigenvalue weighted by atomic mass is 32.1. The van der Waals surface area contributed by atoms with E-state index in [0.717, 1.165) is 5.56 Å². The molecule has 0 saturated heterocycles. The van der Waals surface area contributed by atoms with Crippen LogP contribution in [0.15, 0.2) is 51.1 Å². The van der Waals surface area contributed by atoms with Gasteiger partial charge in [0, 0.05) is 17.1 Å². The lowest BCUT2D eigenvalue weighted by molar-refractivity contribution is 0.102. The Kier molecular flexibility index (Phi) is 4.14. The molecule has 0 bridgehead atoms. The van der Waals surface area contributed by atoms with E-state index in [9.17, 15) is 9.59 Å². The number of methoxy groups -OCH3 is 1. The van der Waals surface area contributed by atoms with Gasteiger partial charge >= 0.3 is 5.76 Å². The topological polar surface area (TPSA) is 115 Å². The number of H-pyrrole nitrogens is 1. The lowest BCUT2D eigenvalue weighted by Crippen LogP contribution is -2.15. The van der Waals surface area contributed by atoms with E-state index in [4.69, 9.17) is 9.15 Å². The van der Waals surface area contributed by atoms with Gasteiger partial charge in [-0.15, -0.1) is 11.3 Å². The van der Waals surface area contributed by atoms with Gasteiger partial charge in [-0.1, -0.05) is 6.07 Å². The number of anilines is 1. The number of nitrogens with one attached hydrogen (secondary N) is 2. The van der Waals surface area contributed by atoms with E-state index in [1.54, 1.807) is 48.9 Å². The Morgan fingerprint density at radius 1 is 1.30 bits per heavy atom. The van der Waals surface area contributed by atoms with Gasteiger partial charge < -0.3 is 9.15 Å². The maximum Gasteiger partial charge on any atom is 0.417 e. The average molecular weight is 421 g/mol. The molecule has 0 unspecified atom stereocenters. The van der Waals surface area contributed by atoms with E-state index in [1.165, 1.54) is 11.3 Å². The maximum atomic E-state index is 12.9. The van der Waals surface area contributed by atoms with Crippen molar-refractivity contribution >= 4 is 39.1 Å². The number of nitrogens with zero attached hydrogens (tertiary/aromatic N) is 3. The molecule has 0 radical (unpaired) electrons. The molecule has 30 heavy (non-hydrogen) atoms. The molecule has 0 aliphatic rings. The molecular weight excluding hydrogens is 406 g/mol. The van der Waals surface area contributed by atoms with Crippen LogP contribution >= 0.6 is 11.3 Å². The number of amides is 1. The van der Waals surface area contributed by atoms with Crippen molar-refractivity contribution in [3.05, 3.63) is 63.8 Å². The lowest BCUT2D eigenvalue weighted by Gasteiger charge is -2.05. The minimum absolute atomic E-state index is 0.318. The largest absolute Gasteiger partial charge is 0.493 e. The van der Waals surface area contributed by atoms with Gasteiger partial charge in [0.25, 0.3) is 5.91 Å². The molecule has 1 aromatic carbocycles. The van der Waals surface area contributed by atoms with Crippen LogP contribution in [0.1, 0.15) is 16.2 Å². The third kappa shape index (κ3) is 2.94. The average Bonchev–Trinajstić information content (AvgIpc) is 3.42. The number of ether oxygens (including phenoxy) is 1. The molecule has 4 aromatic heterocycles. The highest BCUT2D eigenvalue weighted by Crippen LogP contribution is 2.28. The summed E-state index contributed by atoms with van der Waals surface area (Å²) >= 11 is 1.30. The highest BCUT2D eigenvalue weighted by molar-refractivity contribution is 7.14. The Balaban J connectivity index is 1.45. The number of imidazole rings is 1. The quantitative estimate of drug-likeness (QED) is 0.459. The molecule has 0 atom stereocenters. The first-order chi connectivity index (χ1) is 14.5. The van der Waals surface area contributed by atoms with Crippen LogP contribution in [-0.4, -0.2) is 32.4 Å². The van der Waals surface area contributed by atoms with Gasteiger partial charge in [-0.2, -0.15) is 0 Å². The summed E-state index contributed by atoms with van der Waals surface area (Å²) in [6.45, 7) is 1.77. The van der Waals surface area contributed by atoms with Gasteiger partial charge in [0.15, 0.2) is 22.1 Å². The number of benzene rings is 1. The van der Waals surface area contributed by atoms with E-state index in [-0.39, 0.29) is 5.91 Å². The van der Waals surface area contributed by atoms with Crippen molar-refractivity contribution in [1.29, 1.82) is 0 Å². The summed E-state index contributed by atoms with van der Waals surface area (Å²) in [6, 6.07) is 8.90. The second-order valence-electron chi connectivity index (χ2n) is 6.53. The molecule has 5 aromatic rings. The molecule has 9 nitrogen and oxygen atoms in total. The summed E-state index contributed by atoms with van der Waals surface area (Å²) in [5, 5.41) is 5.11. The van der Waals surface area contributed by atoms with Gasteiger partial charge in [0.2, 0.25) is 0 Å². The Morgan fingerprint density at radius 2 is 2.17 bits per heavy atom. The Labute approximate surface area is 173 Å².